The van der Waals surface area contributed by atoms with Crippen LogP contribution in [0.25, 0.3) is 10.9 Å². The van der Waals surface area contributed by atoms with Crippen molar-refractivity contribution in [3.63, 3.8) is 0 Å². The molecule has 0 unspecified atom stereocenters. The van der Waals surface area contributed by atoms with Crippen molar-refractivity contribution in [2.45, 2.75) is 6.42 Å². The number of hydrogen-bond donors (Lipinski definition) is 1. The zero-order valence-corrected chi connectivity index (χ0v) is 13.1. The molecular weight excluding hydrogens is 317 g/mol. The van der Waals surface area contributed by atoms with Gasteiger partial charge < -0.3 is 9.88 Å². The van der Waals surface area contributed by atoms with Gasteiger partial charge in [0.2, 0.25) is 0 Å². The number of rotatable bonds is 6. The average Bonchev–Trinajstić information content (AvgIpc) is 2.84. The van der Waals surface area contributed by atoms with E-state index in [0.717, 1.165) is 6.26 Å². The molecule has 122 valence electrons. The van der Waals surface area contributed by atoms with Gasteiger partial charge >= 0.3 is 0 Å². The van der Waals surface area contributed by atoms with E-state index in [4.69, 9.17) is 0 Å². The van der Waals surface area contributed by atoms with Crippen LogP contribution in [0.2, 0.25) is 0 Å². The summed E-state index contributed by atoms with van der Waals surface area (Å²) in [6, 6.07) is 0.530. The molecule has 1 aromatic carbocycles. The Labute approximate surface area is 126 Å². The number of nitrogens with one attached hydrogen (secondary N) is 1. The summed E-state index contributed by atoms with van der Waals surface area (Å²) < 4.78 is 62.8. The van der Waals surface area contributed by atoms with Crippen LogP contribution >= 0.6 is 0 Å². The lowest BCUT2D eigenvalue weighted by Crippen LogP contribution is -2.27. The van der Waals surface area contributed by atoms with Gasteiger partial charge in [-0.05, 0) is 19.0 Å². The summed E-state index contributed by atoms with van der Waals surface area (Å²) in [5.41, 5.74) is 0.337. The number of benzene rings is 1. The van der Waals surface area contributed by atoms with Crippen LogP contribution in [0.15, 0.2) is 12.3 Å². The van der Waals surface area contributed by atoms with Crippen molar-refractivity contribution in [3.05, 3.63) is 35.3 Å². The van der Waals surface area contributed by atoms with Crippen LogP contribution in [0.3, 0.4) is 0 Å². The predicted octanol–water partition coefficient (Wildman–Crippen LogP) is 2.10. The first-order valence-electron chi connectivity index (χ1n) is 6.69. The first-order chi connectivity index (χ1) is 10.2. The zero-order valence-electron chi connectivity index (χ0n) is 12.3. The molecule has 1 N–H and O–H groups in total. The molecule has 0 aliphatic rings. The third-order valence-corrected chi connectivity index (χ3v) is 4.41. The van der Waals surface area contributed by atoms with Gasteiger partial charge in [-0.2, -0.15) is 0 Å². The van der Waals surface area contributed by atoms with Crippen molar-refractivity contribution < 1.29 is 21.6 Å². The Morgan fingerprint density at radius 3 is 2.50 bits per heavy atom. The Hall–Kier alpha value is -1.54. The third kappa shape index (κ3) is 3.80. The number of halogens is 3. The molecule has 8 heteroatoms. The topological polar surface area (TPSA) is 53.2 Å². The monoisotopic (exact) mass is 334 g/mol. The minimum absolute atomic E-state index is 0.0333. The lowest BCUT2D eigenvalue weighted by atomic mass is 10.1. The molecule has 0 bridgehead atoms. The zero-order chi connectivity index (χ0) is 16.5. The van der Waals surface area contributed by atoms with E-state index in [1.54, 1.807) is 11.9 Å². The molecule has 2 aromatic rings. The van der Waals surface area contributed by atoms with Gasteiger partial charge in [-0.25, -0.2) is 21.6 Å². The molecule has 0 fully saturated rings. The third-order valence-electron chi connectivity index (χ3n) is 3.49. The quantitative estimate of drug-likeness (QED) is 0.823. The van der Waals surface area contributed by atoms with Crippen LogP contribution in [-0.2, 0) is 16.3 Å². The molecule has 0 amide bonds. The lowest BCUT2D eigenvalue weighted by Gasteiger charge is -2.15. The molecule has 0 radical (unpaired) electrons. The smallest absolute Gasteiger partial charge is 0.183 e. The summed E-state index contributed by atoms with van der Waals surface area (Å²) in [5, 5.41) is 0.0374. The molecule has 0 saturated carbocycles. The van der Waals surface area contributed by atoms with E-state index in [0.29, 0.717) is 31.1 Å². The minimum atomic E-state index is -3.04. The van der Waals surface area contributed by atoms with Gasteiger partial charge in [0.05, 0.1) is 11.3 Å². The molecule has 0 atom stereocenters. The van der Waals surface area contributed by atoms with Crippen molar-refractivity contribution in [2.24, 2.45) is 0 Å². The second kappa shape index (κ2) is 6.29. The highest BCUT2D eigenvalue weighted by Crippen LogP contribution is 2.26. The van der Waals surface area contributed by atoms with Crippen molar-refractivity contribution in [1.29, 1.82) is 0 Å². The van der Waals surface area contributed by atoms with Gasteiger partial charge in [-0.3, -0.25) is 0 Å². The van der Waals surface area contributed by atoms with E-state index in [9.17, 15) is 21.6 Å². The Morgan fingerprint density at radius 1 is 1.18 bits per heavy atom. The van der Waals surface area contributed by atoms with Gasteiger partial charge in [-0.1, -0.05) is 0 Å². The molecule has 0 aliphatic heterocycles. The van der Waals surface area contributed by atoms with Crippen molar-refractivity contribution in [2.75, 3.05) is 32.1 Å². The van der Waals surface area contributed by atoms with E-state index in [-0.39, 0.29) is 16.7 Å². The number of aromatic nitrogens is 1. The summed E-state index contributed by atoms with van der Waals surface area (Å²) in [4.78, 5) is 4.34. The first kappa shape index (κ1) is 16.8. The van der Waals surface area contributed by atoms with E-state index in [1.807, 2.05) is 0 Å². The van der Waals surface area contributed by atoms with Gasteiger partial charge in [0.1, 0.15) is 15.7 Å². The molecular formula is C14H17F3N2O2S. The Balaban J connectivity index is 2.11. The Kier molecular flexibility index (Phi) is 4.81. The van der Waals surface area contributed by atoms with Gasteiger partial charge in [0.15, 0.2) is 11.6 Å². The molecule has 1 aromatic heterocycles. The van der Waals surface area contributed by atoms with Crippen molar-refractivity contribution >= 4 is 20.7 Å². The first-order valence-corrected chi connectivity index (χ1v) is 8.75. The maximum atomic E-state index is 13.8. The average molecular weight is 334 g/mol. The fourth-order valence-corrected chi connectivity index (χ4v) is 2.86. The number of likely N-dealkylation sites (N-methyl/N-ethyl adjacent to an activating group) is 1. The molecule has 0 spiro atoms. The molecule has 0 saturated heterocycles. The molecule has 0 aliphatic carbocycles. The van der Waals surface area contributed by atoms with Gasteiger partial charge in [-0.15, -0.1) is 0 Å². The number of hydrogen-bond acceptors (Lipinski definition) is 3. The minimum Gasteiger partial charge on any atom is -0.358 e. The summed E-state index contributed by atoms with van der Waals surface area (Å²) >= 11 is 0. The van der Waals surface area contributed by atoms with Crippen LogP contribution < -0.4 is 0 Å². The summed E-state index contributed by atoms with van der Waals surface area (Å²) in [6.45, 7) is 0.827. The second-order valence-corrected chi connectivity index (χ2v) is 7.66. The largest absolute Gasteiger partial charge is 0.358 e. The highest BCUT2D eigenvalue weighted by atomic mass is 32.2. The maximum absolute atomic E-state index is 13.8. The second-order valence-electron chi connectivity index (χ2n) is 5.40. The fourth-order valence-electron chi connectivity index (χ4n) is 2.22. The van der Waals surface area contributed by atoms with Crippen LogP contribution in [-0.4, -0.2) is 50.4 Å². The van der Waals surface area contributed by atoms with Crippen LogP contribution in [0.1, 0.15) is 5.56 Å². The molecule has 1 heterocycles. The summed E-state index contributed by atoms with van der Waals surface area (Å²) in [5.74, 6) is -3.12. The normalized spacial score (nSPS) is 12.5. The number of sulfone groups is 1. The number of aromatic amines is 1. The van der Waals surface area contributed by atoms with Crippen molar-refractivity contribution in [3.8, 4) is 0 Å². The summed E-state index contributed by atoms with van der Waals surface area (Å²) in [6.07, 6.45) is 3.00. The predicted molar refractivity (Wildman–Crippen MR) is 79.1 cm³/mol. The number of nitrogens with zero attached hydrogens (tertiary/aromatic N) is 1. The lowest BCUT2D eigenvalue weighted by molar-refractivity contribution is 0.358. The van der Waals surface area contributed by atoms with Gasteiger partial charge in [0.25, 0.3) is 0 Å². The van der Waals surface area contributed by atoms with Crippen molar-refractivity contribution in [1.82, 2.24) is 9.88 Å². The van der Waals surface area contributed by atoms with E-state index in [1.165, 1.54) is 6.20 Å². The van der Waals surface area contributed by atoms with E-state index >= 15 is 0 Å². The van der Waals surface area contributed by atoms with Crippen LogP contribution in [0.4, 0.5) is 13.2 Å². The van der Waals surface area contributed by atoms with Gasteiger partial charge in [0, 0.05) is 37.0 Å². The molecule has 22 heavy (non-hydrogen) atoms. The molecule has 2 rings (SSSR count). The number of H-pyrrole nitrogens is 1. The highest BCUT2D eigenvalue weighted by molar-refractivity contribution is 7.90. The maximum Gasteiger partial charge on any atom is 0.183 e. The highest BCUT2D eigenvalue weighted by Gasteiger charge is 2.17. The SMILES string of the molecule is CN(CCc1c[nH]c2c(F)c(F)cc(F)c12)CCS(C)(=O)=O. The van der Waals surface area contributed by atoms with Crippen LogP contribution in [0.5, 0.6) is 0 Å². The Bertz CT molecular complexity index is 787. The van der Waals surface area contributed by atoms with E-state index < -0.39 is 27.3 Å². The summed E-state index contributed by atoms with van der Waals surface area (Å²) in [7, 11) is -1.30. The fraction of sp³-hybridized carbons (Fsp3) is 0.429. The standard InChI is InChI=1S/C14H17F3N2O2S/c1-19(5-6-22(2,20)21)4-3-9-8-18-14-12(9)10(15)7-11(16)13(14)17/h7-8,18H,3-6H2,1-2H3. The molecule has 4 nitrogen and oxygen atoms in total. The van der Waals surface area contributed by atoms with E-state index in [2.05, 4.69) is 4.98 Å². The number of fused-ring (bicyclic) bond motifs is 1. The Morgan fingerprint density at radius 2 is 1.86 bits per heavy atom. The van der Waals surface area contributed by atoms with Crippen LogP contribution in [0, 0.1) is 17.5 Å².